The van der Waals surface area contributed by atoms with Gasteiger partial charge in [0.1, 0.15) is 5.75 Å². The standard InChI is InChI=1S/C19H21N3O4S/c23-19-6-4-17(14-1-2-14)20-22(19)12-13-10-21(11-13)27(24,25)16-3-5-18-15(9-16)7-8-26-18/h3-6,9,13-14H,1-2,7-8,10-12H2. The van der Waals surface area contributed by atoms with Crippen LogP contribution in [0.25, 0.3) is 0 Å². The molecule has 1 aromatic carbocycles. The smallest absolute Gasteiger partial charge is 0.266 e. The van der Waals surface area contributed by atoms with Gasteiger partial charge in [-0.05, 0) is 42.7 Å². The average molecular weight is 387 g/mol. The first-order valence-electron chi connectivity index (χ1n) is 9.35. The van der Waals surface area contributed by atoms with Crippen molar-refractivity contribution in [3.8, 4) is 5.75 Å². The number of rotatable bonds is 5. The lowest BCUT2D eigenvalue weighted by atomic mass is 10.0. The molecule has 27 heavy (non-hydrogen) atoms. The quantitative estimate of drug-likeness (QED) is 0.774. The Hall–Kier alpha value is -2.19. The van der Waals surface area contributed by atoms with Crippen LogP contribution in [-0.2, 0) is 23.0 Å². The Balaban J connectivity index is 1.28. The molecule has 0 amide bonds. The molecule has 0 spiro atoms. The summed E-state index contributed by atoms with van der Waals surface area (Å²) in [6, 6.07) is 8.44. The maximum Gasteiger partial charge on any atom is 0.266 e. The predicted octanol–water partition coefficient (Wildman–Crippen LogP) is 1.38. The molecule has 142 valence electrons. The molecule has 2 fully saturated rings. The van der Waals surface area contributed by atoms with Gasteiger partial charge in [-0.15, -0.1) is 0 Å². The third-order valence-corrected chi connectivity index (χ3v) is 7.36. The fourth-order valence-electron chi connectivity index (χ4n) is 3.74. The van der Waals surface area contributed by atoms with Crippen molar-refractivity contribution in [2.24, 2.45) is 5.92 Å². The zero-order valence-electron chi connectivity index (χ0n) is 14.9. The number of aromatic nitrogens is 2. The molecule has 1 saturated heterocycles. The van der Waals surface area contributed by atoms with Crippen LogP contribution in [0, 0.1) is 5.92 Å². The van der Waals surface area contributed by atoms with Gasteiger partial charge in [-0.1, -0.05) is 0 Å². The Morgan fingerprint density at radius 2 is 1.96 bits per heavy atom. The second-order valence-corrected chi connectivity index (χ2v) is 9.55. The van der Waals surface area contributed by atoms with Gasteiger partial charge in [0, 0.05) is 37.4 Å². The molecule has 2 aromatic rings. The minimum Gasteiger partial charge on any atom is -0.493 e. The van der Waals surface area contributed by atoms with Gasteiger partial charge in [-0.2, -0.15) is 9.40 Å². The molecule has 1 aromatic heterocycles. The van der Waals surface area contributed by atoms with Crippen LogP contribution >= 0.6 is 0 Å². The average Bonchev–Trinajstić information content (AvgIpc) is 3.35. The van der Waals surface area contributed by atoms with Gasteiger partial charge < -0.3 is 4.74 Å². The minimum atomic E-state index is -3.50. The molecule has 3 aliphatic rings. The maximum absolute atomic E-state index is 12.8. The molecule has 3 heterocycles. The van der Waals surface area contributed by atoms with Crippen LogP contribution in [0.2, 0.25) is 0 Å². The molecule has 1 aliphatic carbocycles. The number of nitrogens with zero attached hydrogens (tertiary/aromatic N) is 3. The SMILES string of the molecule is O=c1ccc(C2CC2)nn1CC1CN(S(=O)(=O)c2ccc3c(c2)CCO3)C1. The van der Waals surface area contributed by atoms with Crippen LogP contribution in [0.4, 0.5) is 0 Å². The van der Waals surface area contributed by atoms with E-state index >= 15 is 0 Å². The molecule has 0 unspecified atom stereocenters. The maximum atomic E-state index is 12.8. The summed E-state index contributed by atoms with van der Waals surface area (Å²) in [5.41, 5.74) is 1.79. The third kappa shape index (κ3) is 3.06. The lowest BCUT2D eigenvalue weighted by Crippen LogP contribution is -2.52. The highest BCUT2D eigenvalue weighted by Gasteiger charge is 2.37. The van der Waals surface area contributed by atoms with Crippen LogP contribution < -0.4 is 10.3 Å². The van der Waals surface area contributed by atoms with Crippen LogP contribution in [0.1, 0.15) is 30.0 Å². The molecule has 0 atom stereocenters. The van der Waals surface area contributed by atoms with Crippen molar-refractivity contribution in [2.75, 3.05) is 19.7 Å². The van der Waals surface area contributed by atoms with E-state index < -0.39 is 10.0 Å². The van der Waals surface area contributed by atoms with E-state index in [1.807, 2.05) is 6.07 Å². The Morgan fingerprint density at radius 3 is 2.74 bits per heavy atom. The highest BCUT2D eigenvalue weighted by atomic mass is 32.2. The minimum absolute atomic E-state index is 0.109. The van der Waals surface area contributed by atoms with Gasteiger partial charge in [-0.3, -0.25) is 4.79 Å². The van der Waals surface area contributed by atoms with E-state index in [-0.39, 0.29) is 11.5 Å². The van der Waals surface area contributed by atoms with E-state index in [1.54, 1.807) is 24.3 Å². The van der Waals surface area contributed by atoms with Gasteiger partial charge in [0.2, 0.25) is 10.0 Å². The van der Waals surface area contributed by atoms with Crippen molar-refractivity contribution in [3.05, 3.63) is 51.9 Å². The van der Waals surface area contributed by atoms with Crippen molar-refractivity contribution in [2.45, 2.75) is 36.6 Å². The fraction of sp³-hybridized carbons (Fsp3) is 0.474. The van der Waals surface area contributed by atoms with Gasteiger partial charge in [0.25, 0.3) is 5.56 Å². The van der Waals surface area contributed by atoms with E-state index in [4.69, 9.17) is 4.74 Å². The first kappa shape index (κ1) is 16.9. The molecule has 0 bridgehead atoms. The lowest BCUT2D eigenvalue weighted by molar-refractivity contribution is 0.172. The molecule has 8 heteroatoms. The first-order valence-corrected chi connectivity index (χ1v) is 10.8. The molecule has 7 nitrogen and oxygen atoms in total. The second-order valence-electron chi connectivity index (χ2n) is 7.61. The van der Waals surface area contributed by atoms with Gasteiger partial charge in [0.15, 0.2) is 0 Å². The van der Waals surface area contributed by atoms with Crippen molar-refractivity contribution in [1.82, 2.24) is 14.1 Å². The van der Waals surface area contributed by atoms with Crippen LogP contribution in [0.15, 0.2) is 40.0 Å². The molecular formula is C19H21N3O4S. The van der Waals surface area contributed by atoms with Gasteiger partial charge in [0.05, 0.1) is 23.7 Å². The zero-order valence-corrected chi connectivity index (χ0v) is 15.7. The Bertz CT molecular complexity index is 1050. The predicted molar refractivity (Wildman–Crippen MR) is 98.4 cm³/mol. The summed E-state index contributed by atoms with van der Waals surface area (Å²) >= 11 is 0. The topological polar surface area (TPSA) is 81.5 Å². The molecule has 0 N–H and O–H groups in total. The molecule has 0 radical (unpaired) electrons. The Labute approximate surface area is 157 Å². The van der Waals surface area contributed by atoms with Crippen LogP contribution in [0.3, 0.4) is 0 Å². The third-order valence-electron chi connectivity index (χ3n) is 5.54. The molecule has 5 rings (SSSR count). The van der Waals surface area contributed by atoms with Crippen molar-refractivity contribution >= 4 is 10.0 Å². The van der Waals surface area contributed by atoms with Crippen LogP contribution in [0.5, 0.6) is 5.75 Å². The van der Waals surface area contributed by atoms with E-state index in [0.717, 1.165) is 36.3 Å². The second kappa shape index (κ2) is 6.17. The number of hydrogen-bond donors (Lipinski definition) is 0. The first-order chi connectivity index (χ1) is 13.0. The number of hydrogen-bond acceptors (Lipinski definition) is 5. The number of benzene rings is 1. The summed E-state index contributed by atoms with van der Waals surface area (Å²) in [4.78, 5) is 12.4. The number of sulfonamides is 1. The Kier molecular flexibility index (Phi) is 3.87. The number of ether oxygens (including phenoxy) is 1. The highest BCUT2D eigenvalue weighted by Crippen LogP contribution is 2.38. The van der Waals surface area contributed by atoms with Gasteiger partial charge in [-0.25, -0.2) is 13.1 Å². The monoisotopic (exact) mass is 387 g/mol. The fourth-order valence-corrected chi connectivity index (χ4v) is 5.39. The van der Waals surface area contributed by atoms with E-state index in [9.17, 15) is 13.2 Å². The molecular weight excluding hydrogens is 366 g/mol. The summed E-state index contributed by atoms with van der Waals surface area (Å²) in [5, 5.41) is 4.46. The summed E-state index contributed by atoms with van der Waals surface area (Å²) in [5.74, 6) is 1.37. The summed E-state index contributed by atoms with van der Waals surface area (Å²) < 4.78 is 34.1. The van der Waals surface area contributed by atoms with Crippen molar-refractivity contribution in [1.29, 1.82) is 0 Å². The van der Waals surface area contributed by atoms with E-state index in [2.05, 4.69) is 5.10 Å². The van der Waals surface area contributed by atoms with E-state index in [1.165, 1.54) is 8.99 Å². The summed E-state index contributed by atoms with van der Waals surface area (Å²) in [7, 11) is -3.50. The van der Waals surface area contributed by atoms with Gasteiger partial charge >= 0.3 is 0 Å². The van der Waals surface area contributed by atoms with Crippen molar-refractivity contribution < 1.29 is 13.2 Å². The highest BCUT2D eigenvalue weighted by molar-refractivity contribution is 7.89. The van der Waals surface area contributed by atoms with Crippen molar-refractivity contribution in [3.63, 3.8) is 0 Å². The summed E-state index contributed by atoms with van der Waals surface area (Å²) in [6.45, 7) is 1.89. The zero-order chi connectivity index (χ0) is 18.6. The van der Waals surface area contributed by atoms with E-state index in [0.29, 0.717) is 37.1 Å². The number of fused-ring (bicyclic) bond motifs is 1. The Morgan fingerprint density at radius 1 is 1.15 bits per heavy atom. The molecule has 1 saturated carbocycles. The van der Waals surface area contributed by atoms with Crippen LogP contribution in [-0.4, -0.2) is 42.2 Å². The largest absolute Gasteiger partial charge is 0.493 e. The summed E-state index contributed by atoms with van der Waals surface area (Å²) in [6.07, 6.45) is 3.01. The molecule has 2 aliphatic heterocycles. The normalized spacial score (nSPS) is 20.1. The lowest BCUT2D eigenvalue weighted by Gasteiger charge is -2.38.